The fraction of sp³-hybridized carbons (Fsp3) is 0.556. The average molecular weight is 318 g/mol. The maximum atomic E-state index is 12.3. The van der Waals surface area contributed by atoms with Crippen LogP contribution in [0, 0.1) is 18.8 Å². The van der Waals surface area contributed by atoms with Crippen LogP contribution in [0.25, 0.3) is 6.08 Å². The van der Waals surface area contributed by atoms with Crippen molar-refractivity contribution in [2.24, 2.45) is 11.8 Å². The van der Waals surface area contributed by atoms with Crippen LogP contribution in [0.5, 0.6) is 0 Å². The number of hydrogen-bond acceptors (Lipinski definition) is 3. The van der Waals surface area contributed by atoms with Gasteiger partial charge < -0.3 is 14.6 Å². The van der Waals surface area contributed by atoms with Gasteiger partial charge in [0.1, 0.15) is 11.5 Å². The van der Waals surface area contributed by atoms with Crippen molar-refractivity contribution >= 4 is 17.9 Å². The summed E-state index contributed by atoms with van der Waals surface area (Å²) in [5.74, 6) is 1.91. The first-order valence-electron chi connectivity index (χ1n) is 8.27. The van der Waals surface area contributed by atoms with Crippen LogP contribution >= 0.6 is 0 Å². The maximum Gasteiger partial charge on any atom is 0.246 e. The standard InChI is InChI=1S/C18H26N2O3/c1-13(2)18(22)19-11-15-5-4-10-20(12-15)17(21)9-8-16-7-6-14(3)23-16/h6-9,13,15H,4-5,10-12H2,1-3H3,(H,19,22)/b9-8+/t15-/m0/s1. The molecule has 1 aliphatic rings. The molecule has 1 aromatic rings. The van der Waals surface area contributed by atoms with Gasteiger partial charge in [0.15, 0.2) is 0 Å². The number of nitrogens with zero attached hydrogens (tertiary/aromatic N) is 1. The molecule has 1 aliphatic heterocycles. The molecule has 126 valence electrons. The summed E-state index contributed by atoms with van der Waals surface area (Å²) in [7, 11) is 0. The second-order valence-corrected chi connectivity index (χ2v) is 6.47. The molecule has 2 rings (SSSR count). The molecule has 1 N–H and O–H groups in total. The summed E-state index contributed by atoms with van der Waals surface area (Å²) in [6.07, 6.45) is 5.29. The Hall–Kier alpha value is -2.04. The molecule has 0 unspecified atom stereocenters. The van der Waals surface area contributed by atoms with E-state index in [0.717, 1.165) is 25.1 Å². The van der Waals surface area contributed by atoms with E-state index < -0.39 is 0 Å². The van der Waals surface area contributed by atoms with Gasteiger partial charge in [0, 0.05) is 31.6 Å². The smallest absolute Gasteiger partial charge is 0.246 e. The maximum absolute atomic E-state index is 12.3. The van der Waals surface area contributed by atoms with Crippen LogP contribution in [0.3, 0.4) is 0 Å². The van der Waals surface area contributed by atoms with Crippen LogP contribution in [0.15, 0.2) is 22.6 Å². The highest BCUT2D eigenvalue weighted by Crippen LogP contribution is 2.17. The summed E-state index contributed by atoms with van der Waals surface area (Å²) in [4.78, 5) is 25.8. The summed E-state index contributed by atoms with van der Waals surface area (Å²) in [5, 5.41) is 2.96. The average Bonchev–Trinajstić information content (AvgIpc) is 2.96. The first-order valence-corrected chi connectivity index (χ1v) is 8.27. The monoisotopic (exact) mass is 318 g/mol. The molecule has 23 heavy (non-hydrogen) atoms. The van der Waals surface area contributed by atoms with Crippen molar-refractivity contribution < 1.29 is 14.0 Å². The van der Waals surface area contributed by atoms with Gasteiger partial charge in [-0.3, -0.25) is 9.59 Å². The van der Waals surface area contributed by atoms with E-state index in [4.69, 9.17) is 4.42 Å². The second kappa shape index (κ2) is 7.99. The lowest BCUT2D eigenvalue weighted by atomic mass is 9.97. The SMILES string of the molecule is Cc1ccc(/C=C/C(=O)N2CCC[C@@H](CNC(=O)C(C)C)C2)o1. The van der Waals surface area contributed by atoms with Gasteiger partial charge in [-0.25, -0.2) is 0 Å². The fourth-order valence-corrected chi connectivity index (χ4v) is 2.68. The first-order chi connectivity index (χ1) is 11.0. The minimum Gasteiger partial charge on any atom is -0.462 e. The van der Waals surface area contributed by atoms with Crippen molar-refractivity contribution in [1.82, 2.24) is 10.2 Å². The van der Waals surface area contributed by atoms with Gasteiger partial charge in [-0.2, -0.15) is 0 Å². The number of likely N-dealkylation sites (tertiary alicyclic amines) is 1. The topological polar surface area (TPSA) is 62.6 Å². The van der Waals surface area contributed by atoms with E-state index in [2.05, 4.69) is 5.32 Å². The number of carbonyl (C=O) groups is 2. The third-order valence-corrected chi connectivity index (χ3v) is 4.07. The van der Waals surface area contributed by atoms with Gasteiger partial charge in [-0.15, -0.1) is 0 Å². The van der Waals surface area contributed by atoms with Crippen molar-refractivity contribution in [3.8, 4) is 0 Å². The number of nitrogens with one attached hydrogen (secondary N) is 1. The van der Waals surface area contributed by atoms with E-state index in [1.807, 2.05) is 37.8 Å². The molecule has 1 saturated heterocycles. The van der Waals surface area contributed by atoms with Gasteiger partial charge >= 0.3 is 0 Å². The minimum absolute atomic E-state index is 0.000982. The zero-order chi connectivity index (χ0) is 16.8. The Morgan fingerprint density at radius 2 is 2.22 bits per heavy atom. The number of hydrogen-bond donors (Lipinski definition) is 1. The van der Waals surface area contributed by atoms with Gasteiger partial charge in [-0.05, 0) is 43.9 Å². The number of furan rings is 1. The molecule has 1 aromatic heterocycles. The Kier molecular flexibility index (Phi) is 6.02. The van der Waals surface area contributed by atoms with Gasteiger partial charge in [0.05, 0.1) is 0 Å². The molecule has 0 aromatic carbocycles. The summed E-state index contributed by atoms with van der Waals surface area (Å²) in [6, 6.07) is 3.72. The number of piperidine rings is 1. The zero-order valence-electron chi connectivity index (χ0n) is 14.2. The third-order valence-electron chi connectivity index (χ3n) is 4.07. The quantitative estimate of drug-likeness (QED) is 0.849. The van der Waals surface area contributed by atoms with Gasteiger partial charge in [0.25, 0.3) is 0 Å². The van der Waals surface area contributed by atoms with Crippen molar-refractivity contribution in [1.29, 1.82) is 0 Å². The predicted octanol–water partition coefficient (Wildman–Crippen LogP) is 2.61. The summed E-state index contributed by atoms with van der Waals surface area (Å²) in [6.45, 7) is 7.75. The van der Waals surface area contributed by atoms with E-state index in [1.54, 1.807) is 12.2 Å². The molecule has 0 aliphatic carbocycles. The highest BCUT2D eigenvalue weighted by atomic mass is 16.3. The Morgan fingerprint density at radius 1 is 1.43 bits per heavy atom. The van der Waals surface area contributed by atoms with E-state index in [0.29, 0.717) is 24.8 Å². The first kappa shape index (κ1) is 17.3. The summed E-state index contributed by atoms with van der Waals surface area (Å²) in [5.41, 5.74) is 0. The van der Waals surface area contributed by atoms with Crippen molar-refractivity contribution in [2.75, 3.05) is 19.6 Å². The van der Waals surface area contributed by atoms with Crippen molar-refractivity contribution in [3.05, 3.63) is 29.7 Å². The third kappa shape index (κ3) is 5.27. The lowest BCUT2D eigenvalue weighted by Gasteiger charge is -2.32. The van der Waals surface area contributed by atoms with Gasteiger partial charge in [0.2, 0.25) is 11.8 Å². The lowest BCUT2D eigenvalue weighted by molar-refractivity contribution is -0.127. The van der Waals surface area contributed by atoms with Crippen molar-refractivity contribution in [2.45, 2.75) is 33.6 Å². The summed E-state index contributed by atoms with van der Waals surface area (Å²) < 4.78 is 5.42. The molecule has 5 nitrogen and oxygen atoms in total. The Morgan fingerprint density at radius 3 is 2.87 bits per heavy atom. The Balaban J connectivity index is 1.84. The fourth-order valence-electron chi connectivity index (χ4n) is 2.68. The highest BCUT2D eigenvalue weighted by Gasteiger charge is 2.23. The highest BCUT2D eigenvalue weighted by molar-refractivity contribution is 5.91. The molecule has 0 saturated carbocycles. The molecule has 1 fully saturated rings. The van der Waals surface area contributed by atoms with Gasteiger partial charge in [-0.1, -0.05) is 13.8 Å². The molecule has 0 spiro atoms. The minimum atomic E-state index is -0.00369. The van der Waals surface area contributed by atoms with Crippen LogP contribution in [0.1, 0.15) is 38.2 Å². The molecule has 0 radical (unpaired) electrons. The molecular weight excluding hydrogens is 292 g/mol. The Labute approximate surface area is 137 Å². The van der Waals surface area contributed by atoms with E-state index in [-0.39, 0.29) is 17.7 Å². The molecule has 1 atom stereocenters. The van der Waals surface area contributed by atoms with Crippen LogP contribution in [0.4, 0.5) is 0 Å². The van der Waals surface area contributed by atoms with Crippen LogP contribution in [-0.2, 0) is 9.59 Å². The van der Waals surface area contributed by atoms with Crippen molar-refractivity contribution in [3.63, 3.8) is 0 Å². The predicted molar refractivity (Wildman–Crippen MR) is 89.6 cm³/mol. The number of carbonyl (C=O) groups excluding carboxylic acids is 2. The zero-order valence-corrected chi connectivity index (χ0v) is 14.2. The number of aryl methyl sites for hydroxylation is 1. The number of rotatable bonds is 5. The summed E-state index contributed by atoms with van der Waals surface area (Å²) >= 11 is 0. The van der Waals surface area contributed by atoms with Crippen LogP contribution < -0.4 is 5.32 Å². The van der Waals surface area contributed by atoms with Crippen LogP contribution in [0.2, 0.25) is 0 Å². The molecule has 2 heterocycles. The number of amides is 2. The molecule has 2 amide bonds. The largest absolute Gasteiger partial charge is 0.462 e. The second-order valence-electron chi connectivity index (χ2n) is 6.47. The van der Waals surface area contributed by atoms with Crippen LogP contribution in [-0.4, -0.2) is 36.3 Å². The molecular formula is C18H26N2O3. The van der Waals surface area contributed by atoms with E-state index in [1.165, 1.54) is 0 Å². The normalized spacial score (nSPS) is 18.6. The molecule has 5 heteroatoms. The van der Waals surface area contributed by atoms with E-state index >= 15 is 0 Å². The Bertz CT molecular complexity index is 575. The lowest BCUT2D eigenvalue weighted by Crippen LogP contribution is -2.43. The molecule has 0 bridgehead atoms. The van der Waals surface area contributed by atoms with E-state index in [9.17, 15) is 9.59 Å².